The van der Waals surface area contributed by atoms with Crippen LogP contribution in [0.4, 0.5) is 0 Å². The fourth-order valence-electron chi connectivity index (χ4n) is 7.49. The minimum absolute atomic E-state index is 0.0231. The van der Waals surface area contributed by atoms with Gasteiger partial charge in [-0.3, -0.25) is 4.99 Å². The summed E-state index contributed by atoms with van der Waals surface area (Å²) in [6.45, 7) is 0. The Morgan fingerprint density at radius 1 is 0.458 bits per heavy atom. The highest BCUT2D eigenvalue weighted by Gasteiger charge is 2.32. The first-order valence-corrected chi connectivity index (χ1v) is 16.4. The Morgan fingerprint density at radius 3 is 1.88 bits per heavy atom. The number of aliphatic imine (C=N–C) groups is 1. The van der Waals surface area contributed by atoms with E-state index in [9.17, 15) is 0 Å². The molecule has 10 rings (SSSR count). The van der Waals surface area contributed by atoms with Gasteiger partial charge in [0.25, 0.3) is 0 Å². The van der Waals surface area contributed by atoms with Crippen LogP contribution in [0.15, 0.2) is 157 Å². The molecule has 1 aliphatic heterocycles. The lowest BCUT2D eigenvalue weighted by atomic mass is 9.77. The normalized spacial score (nSPS) is 16.7. The maximum atomic E-state index is 5.27. The van der Waals surface area contributed by atoms with E-state index in [1.54, 1.807) is 0 Å². The van der Waals surface area contributed by atoms with Crippen LogP contribution in [0.2, 0.25) is 0 Å². The second kappa shape index (κ2) is 10.6. The highest BCUT2D eigenvalue weighted by atomic mass is 15.0. The van der Waals surface area contributed by atoms with E-state index in [4.69, 9.17) is 19.9 Å². The molecule has 0 saturated carbocycles. The number of hydrogen-bond acceptors (Lipinski definition) is 4. The van der Waals surface area contributed by atoms with Crippen LogP contribution in [0, 0.1) is 5.92 Å². The number of allylic oxidation sites excluding steroid dienone is 1. The highest BCUT2D eigenvalue weighted by molar-refractivity contribution is 6.08. The van der Waals surface area contributed by atoms with Crippen molar-refractivity contribution in [3.8, 4) is 22.8 Å². The third-order valence-corrected chi connectivity index (χ3v) is 9.83. The molecule has 0 spiro atoms. The van der Waals surface area contributed by atoms with Crippen molar-refractivity contribution < 1.29 is 0 Å². The van der Waals surface area contributed by atoms with Crippen molar-refractivity contribution >= 4 is 54.9 Å². The van der Waals surface area contributed by atoms with Gasteiger partial charge in [-0.15, -0.1) is 0 Å². The number of dihydropyridines is 1. The summed E-state index contributed by atoms with van der Waals surface area (Å²) in [6, 6.07) is 47.3. The summed E-state index contributed by atoms with van der Waals surface area (Å²) in [4.78, 5) is 20.6. The number of aromatic nitrogens is 3. The molecule has 0 radical (unpaired) electrons. The van der Waals surface area contributed by atoms with Gasteiger partial charge in [-0.2, -0.15) is 0 Å². The van der Waals surface area contributed by atoms with Crippen molar-refractivity contribution in [1.82, 2.24) is 15.0 Å². The lowest BCUT2D eigenvalue weighted by molar-refractivity contribution is 0.610. The predicted molar refractivity (Wildman–Crippen MR) is 198 cm³/mol. The second-order valence-corrected chi connectivity index (χ2v) is 12.6. The van der Waals surface area contributed by atoms with Gasteiger partial charge in [0.2, 0.25) is 0 Å². The smallest absolute Gasteiger partial charge is 0.164 e. The van der Waals surface area contributed by atoms with E-state index in [0.29, 0.717) is 17.5 Å². The third-order valence-electron chi connectivity index (χ3n) is 9.83. The first kappa shape index (κ1) is 26.9. The van der Waals surface area contributed by atoms with E-state index in [0.717, 1.165) is 33.0 Å². The maximum Gasteiger partial charge on any atom is 0.164 e. The van der Waals surface area contributed by atoms with Crippen LogP contribution in [0.3, 0.4) is 0 Å². The van der Waals surface area contributed by atoms with Gasteiger partial charge in [0.1, 0.15) is 0 Å². The zero-order chi connectivity index (χ0) is 31.6. The lowest BCUT2D eigenvalue weighted by Gasteiger charge is -2.30. The molecular formula is C44H28N4. The van der Waals surface area contributed by atoms with Gasteiger partial charge in [0, 0.05) is 28.8 Å². The minimum Gasteiger partial charge on any atom is -0.284 e. The second-order valence-electron chi connectivity index (χ2n) is 12.6. The molecule has 48 heavy (non-hydrogen) atoms. The summed E-state index contributed by atoms with van der Waals surface area (Å²) >= 11 is 0. The molecule has 2 aliphatic rings. The van der Waals surface area contributed by atoms with Crippen LogP contribution in [0.5, 0.6) is 0 Å². The van der Waals surface area contributed by atoms with Crippen molar-refractivity contribution in [3.05, 3.63) is 169 Å². The standard InChI is InChI=1S/C44H28N4/c1-2-11-30-24-33(18-15-27(30)8-1)42-46-43(34-20-21-36-31(25-34)17-16-28-9-3-5-13-35(28)36)48-44(47-42)39-26-32-12-7-23-45-41(32)38-22-19-29-10-4-6-14-37(29)40(38)39/h1-26,32,41H. The molecule has 2 unspecified atom stereocenters. The Bertz CT molecular complexity index is 2700. The quantitative estimate of drug-likeness (QED) is 0.187. The molecule has 7 aromatic carbocycles. The van der Waals surface area contributed by atoms with E-state index < -0.39 is 0 Å². The van der Waals surface area contributed by atoms with Crippen molar-refractivity contribution in [1.29, 1.82) is 0 Å². The van der Waals surface area contributed by atoms with Crippen LogP contribution in [-0.4, -0.2) is 21.2 Å². The Balaban J connectivity index is 1.23. The molecule has 2 heterocycles. The van der Waals surface area contributed by atoms with Crippen LogP contribution < -0.4 is 0 Å². The van der Waals surface area contributed by atoms with Crippen molar-refractivity contribution in [2.45, 2.75) is 6.04 Å². The van der Waals surface area contributed by atoms with E-state index in [1.165, 1.54) is 37.9 Å². The number of rotatable bonds is 3. The van der Waals surface area contributed by atoms with Crippen LogP contribution in [0.25, 0.3) is 71.4 Å². The first-order valence-electron chi connectivity index (χ1n) is 16.4. The molecule has 224 valence electrons. The first-order chi connectivity index (χ1) is 23.8. The van der Waals surface area contributed by atoms with Gasteiger partial charge >= 0.3 is 0 Å². The summed E-state index contributed by atoms with van der Waals surface area (Å²) < 4.78 is 0. The van der Waals surface area contributed by atoms with Gasteiger partial charge in [-0.05, 0) is 72.4 Å². The third kappa shape index (κ3) is 4.30. The Labute approximate surface area is 277 Å². The van der Waals surface area contributed by atoms with E-state index in [-0.39, 0.29) is 12.0 Å². The number of nitrogens with zero attached hydrogens (tertiary/aromatic N) is 4. The summed E-state index contributed by atoms with van der Waals surface area (Å²) in [5.74, 6) is 2.08. The van der Waals surface area contributed by atoms with Gasteiger partial charge in [0.15, 0.2) is 17.5 Å². The molecule has 0 N–H and O–H groups in total. The van der Waals surface area contributed by atoms with E-state index in [2.05, 4.69) is 146 Å². The zero-order valence-electron chi connectivity index (χ0n) is 26.0. The Morgan fingerprint density at radius 2 is 1.04 bits per heavy atom. The lowest BCUT2D eigenvalue weighted by Crippen LogP contribution is -2.18. The Kier molecular flexibility index (Phi) is 5.97. The Hall–Kier alpha value is -6.26. The average Bonchev–Trinajstić information content (AvgIpc) is 3.16. The van der Waals surface area contributed by atoms with Gasteiger partial charge in [-0.25, -0.2) is 15.0 Å². The highest BCUT2D eigenvalue weighted by Crippen LogP contribution is 2.45. The number of hydrogen-bond donors (Lipinski definition) is 0. The largest absolute Gasteiger partial charge is 0.284 e. The minimum atomic E-state index is 0.0231. The SMILES string of the molecule is C1=CC2C=C(c3nc(-c4ccc5ccccc5c4)nc(-c4ccc5c(ccc6ccccc65)c4)n3)c3c(ccc4ccccc34)C2N=C1. The van der Waals surface area contributed by atoms with Crippen LogP contribution in [-0.2, 0) is 0 Å². The molecule has 8 aromatic rings. The molecule has 0 amide bonds. The summed E-state index contributed by atoms with van der Waals surface area (Å²) in [5.41, 5.74) is 5.28. The molecule has 1 aliphatic carbocycles. The molecule has 4 nitrogen and oxygen atoms in total. The fraction of sp³-hybridized carbons (Fsp3) is 0.0455. The van der Waals surface area contributed by atoms with Gasteiger partial charge < -0.3 is 0 Å². The van der Waals surface area contributed by atoms with E-state index in [1.807, 2.05) is 12.3 Å². The topological polar surface area (TPSA) is 51.0 Å². The summed E-state index contributed by atoms with van der Waals surface area (Å²) in [6.07, 6.45) is 8.50. The summed E-state index contributed by atoms with van der Waals surface area (Å²) in [5, 5.41) is 9.53. The van der Waals surface area contributed by atoms with Crippen molar-refractivity contribution in [2.75, 3.05) is 0 Å². The molecule has 0 bridgehead atoms. The molecule has 0 fully saturated rings. The maximum absolute atomic E-state index is 5.27. The van der Waals surface area contributed by atoms with Gasteiger partial charge in [0.05, 0.1) is 6.04 Å². The van der Waals surface area contributed by atoms with E-state index >= 15 is 0 Å². The number of fused-ring (bicyclic) bond motifs is 9. The molecule has 1 aromatic heterocycles. The molecule has 2 atom stereocenters. The predicted octanol–water partition coefficient (Wildman–Crippen LogP) is 10.6. The van der Waals surface area contributed by atoms with Crippen LogP contribution >= 0.6 is 0 Å². The average molecular weight is 613 g/mol. The van der Waals surface area contributed by atoms with Crippen molar-refractivity contribution in [2.24, 2.45) is 10.9 Å². The van der Waals surface area contributed by atoms with Crippen molar-refractivity contribution in [3.63, 3.8) is 0 Å². The fourth-order valence-corrected chi connectivity index (χ4v) is 7.49. The zero-order valence-corrected chi connectivity index (χ0v) is 26.0. The molecule has 0 saturated heterocycles. The molecule has 4 heteroatoms. The van der Waals surface area contributed by atoms with Gasteiger partial charge in [-0.1, -0.05) is 133 Å². The van der Waals surface area contributed by atoms with Crippen LogP contribution in [0.1, 0.15) is 23.0 Å². The monoisotopic (exact) mass is 612 g/mol. The molecular weight excluding hydrogens is 585 g/mol. The summed E-state index contributed by atoms with van der Waals surface area (Å²) in [7, 11) is 0. The number of benzene rings is 7.